The van der Waals surface area contributed by atoms with Crippen molar-refractivity contribution in [3.05, 3.63) is 60.2 Å². The van der Waals surface area contributed by atoms with Crippen molar-refractivity contribution in [2.45, 2.75) is 23.5 Å². The first-order valence-corrected chi connectivity index (χ1v) is 11.4. The Morgan fingerprint density at radius 2 is 1.58 bits per heavy atom. The molecular formula is C18H23NO5S2. The van der Waals surface area contributed by atoms with Crippen LogP contribution in [0.25, 0.3) is 0 Å². The fraction of sp³-hybridized carbons (Fsp3) is 0.333. The fourth-order valence-electron chi connectivity index (χ4n) is 2.55. The van der Waals surface area contributed by atoms with E-state index in [1.165, 1.54) is 19.2 Å². The van der Waals surface area contributed by atoms with Crippen LogP contribution < -0.4 is 9.46 Å². The van der Waals surface area contributed by atoms with Gasteiger partial charge in [0.15, 0.2) is 9.84 Å². The van der Waals surface area contributed by atoms with Crippen LogP contribution in [-0.4, -0.2) is 36.2 Å². The van der Waals surface area contributed by atoms with Gasteiger partial charge in [0.2, 0.25) is 10.0 Å². The largest absolute Gasteiger partial charge is 0.497 e. The average molecular weight is 398 g/mol. The molecule has 26 heavy (non-hydrogen) atoms. The molecular weight excluding hydrogens is 374 g/mol. The van der Waals surface area contributed by atoms with Crippen LogP contribution in [0.4, 0.5) is 0 Å². The molecule has 0 fully saturated rings. The minimum absolute atomic E-state index is 0.0446. The number of hydrogen-bond donors (Lipinski definition) is 1. The molecule has 1 unspecified atom stereocenters. The maximum absolute atomic E-state index is 13.1. The van der Waals surface area contributed by atoms with Gasteiger partial charge in [0.05, 0.1) is 17.8 Å². The van der Waals surface area contributed by atoms with Crippen molar-refractivity contribution in [2.75, 3.05) is 19.4 Å². The zero-order chi connectivity index (χ0) is 19.2. The van der Waals surface area contributed by atoms with Crippen LogP contribution in [0.15, 0.2) is 59.5 Å². The number of sulfone groups is 1. The summed E-state index contributed by atoms with van der Waals surface area (Å²) < 4.78 is 57.7. The van der Waals surface area contributed by atoms with E-state index >= 15 is 0 Å². The maximum Gasteiger partial charge on any atom is 0.211 e. The molecule has 8 heteroatoms. The zero-order valence-electron chi connectivity index (χ0n) is 14.8. The highest BCUT2D eigenvalue weighted by Gasteiger charge is 2.30. The monoisotopic (exact) mass is 397 g/mol. The van der Waals surface area contributed by atoms with Gasteiger partial charge in [-0.3, -0.25) is 0 Å². The van der Waals surface area contributed by atoms with Crippen molar-refractivity contribution >= 4 is 19.9 Å². The molecule has 2 aromatic rings. The summed E-state index contributed by atoms with van der Waals surface area (Å²) in [5.74, 6) is 0.501. The Balaban J connectivity index is 2.39. The van der Waals surface area contributed by atoms with Crippen LogP contribution in [0.5, 0.6) is 5.75 Å². The molecule has 2 rings (SSSR count). The lowest BCUT2D eigenvalue weighted by Crippen LogP contribution is -2.33. The zero-order valence-corrected chi connectivity index (χ0v) is 16.4. The minimum Gasteiger partial charge on any atom is -0.497 e. The van der Waals surface area contributed by atoms with E-state index in [2.05, 4.69) is 4.72 Å². The smallest absolute Gasteiger partial charge is 0.211 e. The average Bonchev–Trinajstić information content (AvgIpc) is 2.62. The summed E-state index contributed by atoms with van der Waals surface area (Å²) in [6.07, 6.45) is 0.455. The van der Waals surface area contributed by atoms with Crippen LogP contribution >= 0.6 is 0 Å². The molecule has 0 saturated heterocycles. The van der Waals surface area contributed by atoms with E-state index in [0.717, 1.165) is 0 Å². The second-order valence-corrected chi connectivity index (χ2v) is 9.84. The third-order valence-corrected chi connectivity index (χ3v) is 7.56. The Kier molecular flexibility index (Phi) is 6.80. The Morgan fingerprint density at radius 3 is 2.12 bits per heavy atom. The molecule has 0 radical (unpaired) electrons. The van der Waals surface area contributed by atoms with Crippen LogP contribution in [0.3, 0.4) is 0 Å². The van der Waals surface area contributed by atoms with E-state index in [4.69, 9.17) is 4.74 Å². The van der Waals surface area contributed by atoms with Crippen molar-refractivity contribution in [3.8, 4) is 5.75 Å². The first-order valence-electron chi connectivity index (χ1n) is 8.20. The molecule has 1 atom stereocenters. The quantitative estimate of drug-likeness (QED) is 0.702. The number of ether oxygens (including phenoxy) is 1. The number of methoxy groups -OCH3 is 1. The molecule has 0 spiro atoms. The summed E-state index contributed by atoms with van der Waals surface area (Å²) in [4.78, 5) is 0.113. The highest BCUT2D eigenvalue weighted by atomic mass is 32.2. The maximum atomic E-state index is 13.1. The summed E-state index contributed by atoms with van der Waals surface area (Å²) in [7, 11) is -5.82. The van der Waals surface area contributed by atoms with Gasteiger partial charge in [-0.05, 0) is 36.2 Å². The molecule has 0 heterocycles. The summed E-state index contributed by atoms with van der Waals surface area (Å²) in [5.41, 5.74) is 0.530. The molecule has 0 aromatic heterocycles. The lowest BCUT2D eigenvalue weighted by Gasteiger charge is -2.19. The Bertz CT molecular complexity index is 908. The van der Waals surface area contributed by atoms with Crippen LogP contribution in [0.1, 0.15) is 24.2 Å². The van der Waals surface area contributed by atoms with Gasteiger partial charge in [0, 0.05) is 6.54 Å². The number of hydrogen-bond acceptors (Lipinski definition) is 5. The standard InChI is InChI=1S/C18H23NO5S2/c1-3-13-25(20,21)19-14-18(15-7-5-4-6-8-15)26(22,23)17-11-9-16(24-2)10-12-17/h4-12,18-19H,3,13-14H2,1-2H3. The van der Waals surface area contributed by atoms with Gasteiger partial charge in [-0.25, -0.2) is 21.6 Å². The number of sulfonamides is 1. The molecule has 0 saturated carbocycles. The molecule has 0 amide bonds. The molecule has 0 aliphatic carbocycles. The van der Waals surface area contributed by atoms with Crippen molar-refractivity contribution < 1.29 is 21.6 Å². The molecule has 0 bridgehead atoms. The molecule has 2 aromatic carbocycles. The van der Waals surface area contributed by atoms with Crippen molar-refractivity contribution in [1.29, 1.82) is 0 Å². The van der Waals surface area contributed by atoms with Gasteiger partial charge in [-0.15, -0.1) is 0 Å². The van der Waals surface area contributed by atoms with Gasteiger partial charge in [0.1, 0.15) is 11.0 Å². The van der Waals surface area contributed by atoms with E-state index in [9.17, 15) is 16.8 Å². The topological polar surface area (TPSA) is 89.5 Å². The molecule has 0 aliphatic heterocycles. The second-order valence-electron chi connectivity index (χ2n) is 5.79. The van der Waals surface area contributed by atoms with Crippen molar-refractivity contribution in [1.82, 2.24) is 4.72 Å². The predicted octanol–water partition coefficient (Wildman–Crippen LogP) is 2.54. The molecule has 0 aliphatic rings. The molecule has 1 N–H and O–H groups in total. The normalized spacial score (nSPS) is 13.3. The Labute approximate surface area is 155 Å². The number of nitrogens with one attached hydrogen (secondary N) is 1. The number of rotatable bonds is 9. The van der Waals surface area contributed by atoms with Crippen molar-refractivity contribution in [3.63, 3.8) is 0 Å². The van der Waals surface area contributed by atoms with E-state index < -0.39 is 25.1 Å². The third kappa shape index (κ3) is 5.06. The lowest BCUT2D eigenvalue weighted by atomic mass is 10.1. The fourth-order valence-corrected chi connectivity index (χ4v) is 5.42. The van der Waals surface area contributed by atoms with Gasteiger partial charge in [-0.1, -0.05) is 37.3 Å². The molecule has 6 nitrogen and oxygen atoms in total. The molecule has 142 valence electrons. The highest BCUT2D eigenvalue weighted by Crippen LogP contribution is 2.29. The van der Waals surface area contributed by atoms with Crippen LogP contribution in [-0.2, 0) is 19.9 Å². The van der Waals surface area contributed by atoms with E-state index in [1.807, 2.05) is 0 Å². The third-order valence-electron chi connectivity index (χ3n) is 3.90. The van der Waals surface area contributed by atoms with E-state index in [0.29, 0.717) is 17.7 Å². The first kappa shape index (κ1) is 20.4. The van der Waals surface area contributed by atoms with Crippen molar-refractivity contribution in [2.24, 2.45) is 0 Å². The summed E-state index contributed by atoms with van der Waals surface area (Å²) in [5, 5.41) is -1.02. The van der Waals surface area contributed by atoms with Gasteiger partial charge < -0.3 is 4.74 Å². The van der Waals surface area contributed by atoms with Gasteiger partial charge in [0.25, 0.3) is 0 Å². The van der Waals surface area contributed by atoms with Crippen LogP contribution in [0, 0.1) is 0 Å². The highest BCUT2D eigenvalue weighted by molar-refractivity contribution is 7.92. The van der Waals surface area contributed by atoms with E-state index in [1.54, 1.807) is 49.4 Å². The van der Waals surface area contributed by atoms with E-state index in [-0.39, 0.29) is 17.2 Å². The minimum atomic E-state index is -3.80. The Morgan fingerprint density at radius 1 is 0.962 bits per heavy atom. The first-order chi connectivity index (χ1) is 12.3. The summed E-state index contributed by atoms with van der Waals surface area (Å²) in [6, 6.07) is 14.7. The van der Waals surface area contributed by atoms with Gasteiger partial charge >= 0.3 is 0 Å². The lowest BCUT2D eigenvalue weighted by molar-refractivity contribution is 0.414. The SMILES string of the molecule is CCCS(=O)(=O)NCC(c1ccccc1)S(=O)(=O)c1ccc(OC)cc1. The van der Waals surface area contributed by atoms with Gasteiger partial charge in [-0.2, -0.15) is 0 Å². The van der Waals surface area contributed by atoms with Crippen LogP contribution in [0.2, 0.25) is 0 Å². The Hall–Kier alpha value is -1.90. The summed E-state index contributed by atoms with van der Waals surface area (Å²) in [6.45, 7) is 1.53. The predicted molar refractivity (Wildman–Crippen MR) is 101 cm³/mol. The number of benzene rings is 2. The summed E-state index contributed by atoms with van der Waals surface area (Å²) >= 11 is 0. The second kappa shape index (κ2) is 8.66.